The van der Waals surface area contributed by atoms with E-state index in [0.29, 0.717) is 10.6 Å². The van der Waals surface area contributed by atoms with Crippen LogP contribution < -0.4 is 9.46 Å². The minimum Gasteiger partial charge on any atom is -0.495 e. The molecule has 0 spiro atoms. The van der Waals surface area contributed by atoms with E-state index in [0.717, 1.165) is 16.9 Å². The molecule has 152 valence electrons. The van der Waals surface area contributed by atoms with Gasteiger partial charge < -0.3 is 9.47 Å². The van der Waals surface area contributed by atoms with Crippen molar-refractivity contribution in [1.29, 1.82) is 0 Å². The van der Waals surface area contributed by atoms with E-state index < -0.39 is 16.0 Å². The number of halogens is 1. The normalized spacial score (nSPS) is 11.1. The zero-order valence-corrected chi connectivity index (χ0v) is 17.9. The SMILES string of the molecule is COC(=O)Cc1sc(NS(=O)(=O)c2cc(Cl)ccc2OC)nc1-c1ccccc1. The smallest absolute Gasteiger partial charge is 0.310 e. The number of rotatable bonds is 7. The van der Waals surface area contributed by atoms with Crippen molar-refractivity contribution in [3.63, 3.8) is 0 Å². The third-order valence-electron chi connectivity index (χ3n) is 3.91. The first-order chi connectivity index (χ1) is 13.8. The van der Waals surface area contributed by atoms with Gasteiger partial charge in [0.1, 0.15) is 10.6 Å². The highest BCUT2D eigenvalue weighted by Gasteiger charge is 2.24. The molecule has 0 aliphatic rings. The number of nitrogens with zero attached hydrogens (tertiary/aromatic N) is 1. The van der Waals surface area contributed by atoms with Crippen LogP contribution in [0.1, 0.15) is 4.88 Å². The molecule has 0 saturated carbocycles. The van der Waals surface area contributed by atoms with Crippen LogP contribution in [-0.2, 0) is 26.0 Å². The number of benzene rings is 2. The molecular weight excluding hydrogens is 436 g/mol. The van der Waals surface area contributed by atoms with Crippen molar-refractivity contribution < 1.29 is 22.7 Å². The van der Waals surface area contributed by atoms with Gasteiger partial charge in [-0.15, -0.1) is 0 Å². The van der Waals surface area contributed by atoms with Crippen molar-refractivity contribution in [2.75, 3.05) is 18.9 Å². The number of carbonyl (C=O) groups excluding carboxylic acids is 1. The highest BCUT2D eigenvalue weighted by atomic mass is 35.5. The maximum absolute atomic E-state index is 12.9. The molecule has 0 fully saturated rings. The van der Waals surface area contributed by atoms with Gasteiger partial charge in [0.25, 0.3) is 10.0 Å². The molecule has 0 aliphatic carbocycles. The quantitative estimate of drug-likeness (QED) is 0.544. The highest BCUT2D eigenvalue weighted by molar-refractivity contribution is 7.93. The molecule has 10 heteroatoms. The van der Waals surface area contributed by atoms with Gasteiger partial charge >= 0.3 is 5.97 Å². The molecule has 1 N–H and O–H groups in total. The summed E-state index contributed by atoms with van der Waals surface area (Å²) in [7, 11) is -1.37. The second-order valence-corrected chi connectivity index (χ2v) is 8.98. The Morgan fingerprint density at radius 1 is 1.17 bits per heavy atom. The van der Waals surface area contributed by atoms with Crippen LogP contribution in [0.4, 0.5) is 5.13 Å². The lowest BCUT2D eigenvalue weighted by Crippen LogP contribution is -2.14. The number of nitrogens with one attached hydrogen (secondary N) is 1. The fraction of sp³-hybridized carbons (Fsp3) is 0.158. The molecule has 0 bridgehead atoms. The molecule has 3 aromatic rings. The molecular formula is C19H17ClN2O5S2. The summed E-state index contributed by atoms with van der Waals surface area (Å²) in [6.07, 6.45) is -0.0272. The van der Waals surface area contributed by atoms with Crippen LogP contribution in [0, 0.1) is 0 Å². The number of carbonyl (C=O) groups is 1. The predicted octanol–water partition coefficient (Wildman–Crippen LogP) is 3.99. The highest BCUT2D eigenvalue weighted by Crippen LogP contribution is 2.34. The number of methoxy groups -OCH3 is 2. The fourth-order valence-electron chi connectivity index (χ4n) is 2.57. The first-order valence-corrected chi connectivity index (χ1v) is 11.0. The average Bonchev–Trinajstić information content (AvgIpc) is 3.09. The van der Waals surface area contributed by atoms with Crippen molar-refractivity contribution >= 4 is 44.1 Å². The van der Waals surface area contributed by atoms with Gasteiger partial charge in [-0.05, 0) is 18.2 Å². The van der Waals surface area contributed by atoms with Gasteiger partial charge in [0.2, 0.25) is 0 Å². The summed E-state index contributed by atoms with van der Waals surface area (Å²) in [6, 6.07) is 13.5. The van der Waals surface area contributed by atoms with Crippen LogP contribution in [0.25, 0.3) is 11.3 Å². The number of thiazole rings is 1. The maximum atomic E-state index is 12.9. The molecule has 0 aliphatic heterocycles. The minimum absolute atomic E-state index is 0.0272. The number of ether oxygens (including phenoxy) is 2. The molecule has 1 aromatic heterocycles. The van der Waals surface area contributed by atoms with E-state index in [2.05, 4.69) is 9.71 Å². The van der Waals surface area contributed by atoms with E-state index >= 15 is 0 Å². The van der Waals surface area contributed by atoms with E-state index in [9.17, 15) is 13.2 Å². The lowest BCUT2D eigenvalue weighted by Gasteiger charge is -2.10. The Balaban J connectivity index is 2.01. The fourth-order valence-corrected chi connectivity index (χ4v) is 5.21. The Morgan fingerprint density at radius 3 is 2.55 bits per heavy atom. The molecule has 7 nitrogen and oxygen atoms in total. The second kappa shape index (κ2) is 8.81. The van der Waals surface area contributed by atoms with Gasteiger partial charge in [0.05, 0.1) is 26.3 Å². The van der Waals surface area contributed by atoms with E-state index in [1.54, 1.807) is 0 Å². The topological polar surface area (TPSA) is 94.6 Å². The summed E-state index contributed by atoms with van der Waals surface area (Å²) >= 11 is 7.01. The van der Waals surface area contributed by atoms with Gasteiger partial charge in [-0.2, -0.15) is 0 Å². The van der Waals surface area contributed by atoms with Crippen LogP contribution in [0.15, 0.2) is 53.4 Å². The van der Waals surface area contributed by atoms with Crippen molar-refractivity contribution in [3.05, 3.63) is 58.4 Å². The van der Waals surface area contributed by atoms with E-state index in [1.807, 2.05) is 30.3 Å². The standard InChI is InChI=1S/C19H17ClN2O5S2/c1-26-14-9-8-13(20)10-16(14)29(24,25)22-19-21-18(12-6-4-3-5-7-12)15(28-19)11-17(23)27-2/h3-10H,11H2,1-2H3,(H,21,22). The Hall–Kier alpha value is -2.62. The lowest BCUT2D eigenvalue weighted by molar-refractivity contribution is -0.139. The summed E-state index contributed by atoms with van der Waals surface area (Å²) < 4.78 is 38.1. The monoisotopic (exact) mass is 452 g/mol. The number of hydrogen-bond donors (Lipinski definition) is 1. The summed E-state index contributed by atoms with van der Waals surface area (Å²) in [5, 5.41) is 0.367. The third kappa shape index (κ3) is 4.87. The molecule has 0 saturated heterocycles. The van der Waals surface area contributed by atoms with E-state index in [-0.39, 0.29) is 27.2 Å². The first-order valence-electron chi connectivity index (χ1n) is 8.32. The molecule has 29 heavy (non-hydrogen) atoms. The van der Waals surface area contributed by atoms with Gasteiger partial charge in [0, 0.05) is 15.5 Å². The minimum atomic E-state index is -4.03. The summed E-state index contributed by atoms with van der Waals surface area (Å²) in [6.45, 7) is 0. The maximum Gasteiger partial charge on any atom is 0.310 e. The number of esters is 1. The Labute approximate surface area is 177 Å². The molecule has 1 heterocycles. The van der Waals surface area contributed by atoms with Gasteiger partial charge in [0.15, 0.2) is 5.13 Å². The number of anilines is 1. The molecule has 0 radical (unpaired) electrons. The van der Waals surface area contributed by atoms with E-state index in [1.165, 1.54) is 32.4 Å². The summed E-state index contributed by atoms with van der Waals surface area (Å²) in [4.78, 5) is 16.7. The van der Waals surface area contributed by atoms with Gasteiger partial charge in [-0.1, -0.05) is 53.3 Å². The van der Waals surface area contributed by atoms with Crippen molar-refractivity contribution in [1.82, 2.24) is 4.98 Å². The molecule has 0 amide bonds. The number of sulfonamides is 1. The lowest BCUT2D eigenvalue weighted by atomic mass is 10.1. The van der Waals surface area contributed by atoms with Gasteiger partial charge in [-0.25, -0.2) is 13.4 Å². The molecule has 0 atom stereocenters. The summed E-state index contributed by atoms with van der Waals surface area (Å²) in [5.41, 5.74) is 1.27. The number of hydrogen-bond acceptors (Lipinski definition) is 7. The van der Waals surface area contributed by atoms with Crippen LogP contribution in [0.5, 0.6) is 5.75 Å². The Morgan fingerprint density at radius 2 is 1.90 bits per heavy atom. The van der Waals surface area contributed by atoms with Crippen molar-refractivity contribution in [2.24, 2.45) is 0 Å². The first kappa shape index (κ1) is 21.1. The van der Waals surface area contributed by atoms with Crippen molar-refractivity contribution in [3.8, 4) is 17.0 Å². The van der Waals surface area contributed by atoms with Crippen LogP contribution >= 0.6 is 22.9 Å². The third-order valence-corrected chi connectivity index (χ3v) is 6.61. The largest absolute Gasteiger partial charge is 0.495 e. The van der Waals surface area contributed by atoms with Crippen LogP contribution in [0.2, 0.25) is 5.02 Å². The Kier molecular flexibility index (Phi) is 6.41. The molecule has 0 unspecified atom stereocenters. The zero-order valence-electron chi connectivity index (χ0n) is 15.5. The Bertz CT molecular complexity index is 1130. The van der Waals surface area contributed by atoms with Gasteiger partial charge in [-0.3, -0.25) is 9.52 Å². The molecule has 2 aromatic carbocycles. The molecule has 3 rings (SSSR count). The number of aromatic nitrogens is 1. The van der Waals surface area contributed by atoms with E-state index in [4.69, 9.17) is 21.1 Å². The zero-order chi connectivity index (χ0) is 21.0. The average molecular weight is 453 g/mol. The summed E-state index contributed by atoms with van der Waals surface area (Å²) in [5.74, 6) is -0.298. The van der Waals surface area contributed by atoms with Crippen molar-refractivity contribution in [2.45, 2.75) is 11.3 Å². The van der Waals surface area contributed by atoms with Crippen LogP contribution in [-0.4, -0.2) is 33.6 Å². The predicted molar refractivity (Wildman–Crippen MR) is 112 cm³/mol. The van der Waals surface area contributed by atoms with Crippen LogP contribution in [0.3, 0.4) is 0 Å². The second-order valence-electron chi connectivity index (χ2n) is 5.81.